The van der Waals surface area contributed by atoms with Crippen molar-refractivity contribution in [2.75, 3.05) is 12.9 Å². The Balaban J connectivity index is 2.01. The van der Waals surface area contributed by atoms with E-state index in [-0.39, 0.29) is 6.42 Å². The van der Waals surface area contributed by atoms with Crippen LogP contribution in [0.4, 0.5) is 0 Å². The van der Waals surface area contributed by atoms with Crippen molar-refractivity contribution < 1.29 is 19.4 Å². The summed E-state index contributed by atoms with van der Waals surface area (Å²) < 4.78 is 11.3. The molecule has 5 nitrogen and oxygen atoms in total. The van der Waals surface area contributed by atoms with Gasteiger partial charge in [0.1, 0.15) is 11.5 Å². The monoisotopic (exact) mass is 369 g/mol. The summed E-state index contributed by atoms with van der Waals surface area (Å²) in [6.07, 6.45) is 1.70. The molecule has 3 aromatic rings. The zero-order chi connectivity index (χ0) is 18.5. The van der Waals surface area contributed by atoms with Crippen LogP contribution in [0.3, 0.4) is 0 Å². The molecule has 0 unspecified atom stereocenters. The topological polar surface area (TPSA) is 68.7 Å². The number of aromatic nitrogens is 1. The van der Waals surface area contributed by atoms with Gasteiger partial charge in [0.05, 0.1) is 13.5 Å². The second kappa shape index (κ2) is 8.10. The first-order chi connectivity index (χ1) is 12.6. The SMILES string of the molecule is CCSc1ccc(Oc2cc(CC(=O)O)cc3ccc(OC)cc23)nc1. The number of carboxylic acid groups (broad SMARTS) is 1. The van der Waals surface area contributed by atoms with Gasteiger partial charge in [0.2, 0.25) is 5.88 Å². The summed E-state index contributed by atoms with van der Waals surface area (Å²) in [5, 5.41) is 10.8. The molecule has 0 atom stereocenters. The van der Waals surface area contributed by atoms with Crippen molar-refractivity contribution >= 4 is 28.5 Å². The summed E-state index contributed by atoms with van der Waals surface area (Å²) >= 11 is 1.71. The number of benzene rings is 2. The van der Waals surface area contributed by atoms with Gasteiger partial charge in [-0.05, 0) is 41.0 Å². The van der Waals surface area contributed by atoms with Crippen molar-refractivity contribution in [2.24, 2.45) is 0 Å². The molecule has 3 rings (SSSR count). The second-order valence-corrected chi connectivity index (χ2v) is 6.96. The maximum absolute atomic E-state index is 11.1. The molecule has 1 aromatic heterocycles. The van der Waals surface area contributed by atoms with E-state index in [1.54, 1.807) is 31.1 Å². The zero-order valence-electron chi connectivity index (χ0n) is 14.6. The summed E-state index contributed by atoms with van der Waals surface area (Å²) in [4.78, 5) is 16.5. The van der Waals surface area contributed by atoms with Gasteiger partial charge >= 0.3 is 5.97 Å². The first-order valence-electron chi connectivity index (χ1n) is 8.18. The second-order valence-electron chi connectivity index (χ2n) is 5.62. The Bertz CT molecular complexity index is 925. The lowest BCUT2D eigenvalue weighted by atomic mass is 10.0. The van der Waals surface area contributed by atoms with Crippen LogP contribution in [-0.4, -0.2) is 28.9 Å². The quantitative estimate of drug-likeness (QED) is 0.605. The molecule has 0 aliphatic carbocycles. The van der Waals surface area contributed by atoms with Gasteiger partial charge in [0.15, 0.2) is 0 Å². The standard InChI is InChI=1S/C20H19NO4S/c1-3-26-16-6-7-19(21-12-16)25-18-9-13(10-20(22)23)8-14-4-5-15(24-2)11-17(14)18/h4-9,11-12H,3,10H2,1-2H3,(H,22,23). The molecule has 0 bridgehead atoms. The normalized spacial score (nSPS) is 10.7. The van der Waals surface area contributed by atoms with Gasteiger partial charge < -0.3 is 14.6 Å². The maximum atomic E-state index is 11.1. The van der Waals surface area contributed by atoms with Crippen LogP contribution < -0.4 is 9.47 Å². The smallest absolute Gasteiger partial charge is 0.307 e. The van der Waals surface area contributed by atoms with Crippen LogP contribution in [0.1, 0.15) is 12.5 Å². The van der Waals surface area contributed by atoms with Gasteiger partial charge in [-0.2, -0.15) is 0 Å². The van der Waals surface area contributed by atoms with Crippen LogP contribution in [0.25, 0.3) is 10.8 Å². The third-order valence-electron chi connectivity index (χ3n) is 3.77. The van der Waals surface area contributed by atoms with Crippen molar-refractivity contribution in [3.63, 3.8) is 0 Å². The van der Waals surface area contributed by atoms with Crippen LogP contribution in [0.15, 0.2) is 53.6 Å². The van der Waals surface area contributed by atoms with E-state index in [1.807, 2.05) is 36.4 Å². The van der Waals surface area contributed by atoms with E-state index < -0.39 is 5.97 Å². The Hall–Kier alpha value is -2.73. The third-order valence-corrected chi connectivity index (χ3v) is 4.64. The van der Waals surface area contributed by atoms with Crippen LogP contribution >= 0.6 is 11.8 Å². The van der Waals surface area contributed by atoms with Gasteiger partial charge in [-0.3, -0.25) is 4.79 Å². The van der Waals surface area contributed by atoms with Gasteiger partial charge in [0.25, 0.3) is 0 Å². The average Bonchev–Trinajstić information content (AvgIpc) is 2.63. The van der Waals surface area contributed by atoms with Crippen molar-refractivity contribution in [1.82, 2.24) is 4.98 Å². The van der Waals surface area contributed by atoms with Crippen LogP contribution in [0.2, 0.25) is 0 Å². The molecule has 0 fully saturated rings. The molecule has 2 aromatic carbocycles. The average molecular weight is 369 g/mol. The highest BCUT2D eigenvalue weighted by molar-refractivity contribution is 7.99. The number of hydrogen-bond acceptors (Lipinski definition) is 5. The molecule has 0 saturated heterocycles. The third kappa shape index (κ3) is 4.26. The molecule has 0 aliphatic heterocycles. The van der Waals surface area contributed by atoms with Crippen LogP contribution in [0, 0.1) is 0 Å². The molecule has 1 heterocycles. The number of thioether (sulfide) groups is 1. The fraction of sp³-hybridized carbons (Fsp3) is 0.200. The lowest BCUT2D eigenvalue weighted by molar-refractivity contribution is -0.136. The molecule has 0 saturated carbocycles. The number of pyridine rings is 1. The number of hydrogen-bond donors (Lipinski definition) is 1. The number of carboxylic acids is 1. The molecule has 0 aliphatic rings. The predicted molar refractivity (Wildman–Crippen MR) is 103 cm³/mol. The Labute approximate surface area is 156 Å². The van der Waals surface area contributed by atoms with E-state index in [9.17, 15) is 4.79 Å². The highest BCUT2D eigenvalue weighted by atomic mass is 32.2. The highest BCUT2D eigenvalue weighted by Crippen LogP contribution is 2.34. The Morgan fingerprint density at radius 1 is 1.19 bits per heavy atom. The van der Waals surface area contributed by atoms with Crippen LogP contribution in [0.5, 0.6) is 17.4 Å². The largest absolute Gasteiger partial charge is 0.497 e. The molecule has 0 radical (unpaired) electrons. The molecule has 26 heavy (non-hydrogen) atoms. The summed E-state index contributed by atoms with van der Waals surface area (Å²) in [5.74, 6) is 1.81. The number of carbonyl (C=O) groups is 1. The molecule has 0 spiro atoms. The van der Waals surface area contributed by atoms with Crippen molar-refractivity contribution in [1.29, 1.82) is 0 Å². The summed E-state index contributed by atoms with van der Waals surface area (Å²) in [5.41, 5.74) is 0.670. The molecular formula is C20H19NO4S. The first-order valence-corrected chi connectivity index (χ1v) is 9.16. The molecule has 6 heteroatoms. The van der Waals surface area contributed by atoms with Gasteiger partial charge in [-0.15, -0.1) is 11.8 Å². The lowest BCUT2D eigenvalue weighted by Gasteiger charge is -2.12. The van der Waals surface area contributed by atoms with E-state index >= 15 is 0 Å². The van der Waals surface area contributed by atoms with E-state index in [2.05, 4.69) is 11.9 Å². The van der Waals surface area contributed by atoms with Crippen molar-refractivity contribution in [3.8, 4) is 17.4 Å². The Kier molecular flexibility index (Phi) is 5.63. The van der Waals surface area contributed by atoms with Crippen molar-refractivity contribution in [3.05, 3.63) is 54.2 Å². The number of aliphatic carboxylic acids is 1. The minimum absolute atomic E-state index is 0.0716. The van der Waals surface area contributed by atoms with E-state index in [0.29, 0.717) is 22.9 Å². The maximum Gasteiger partial charge on any atom is 0.307 e. The van der Waals surface area contributed by atoms with Gasteiger partial charge in [-0.25, -0.2) is 4.98 Å². The Morgan fingerprint density at radius 2 is 2.04 bits per heavy atom. The number of fused-ring (bicyclic) bond motifs is 1. The number of nitrogens with zero attached hydrogens (tertiary/aromatic N) is 1. The fourth-order valence-electron chi connectivity index (χ4n) is 2.64. The molecule has 134 valence electrons. The van der Waals surface area contributed by atoms with E-state index in [0.717, 1.165) is 21.4 Å². The minimum Gasteiger partial charge on any atom is -0.497 e. The molecular weight excluding hydrogens is 350 g/mol. The molecule has 1 N–H and O–H groups in total. The van der Waals surface area contributed by atoms with Crippen LogP contribution in [-0.2, 0) is 11.2 Å². The first kappa shape index (κ1) is 18.1. The number of methoxy groups -OCH3 is 1. The van der Waals surface area contributed by atoms with Crippen molar-refractivity contribution in [2.45, 2.75) is 18.2 Å². The predicted octanol–water partition coefficient (Wildman–Crippen LogP) is 4.77. The van der Waals surface area contributed by atoms with Gasteiger partial charge in [-0.1, -0.05) is 19.1 Å². The molecule has 0 amide bonds. The van der Waals surface area contributed by atoms with E-state index in [1.165, 1.54) is 0 Å². The van der Waals surface area contributed by atoms with Gasteiger partial charge in [0, 0.05) is 22.5 Å². The zero-order valence-corrected chi connectivity index (χ0v) is 15.4. The lowest BCUT2D eigenvalue weighted by Crippen LogP contribution is -2.01. The Morgan fingerprint density at radius 3 is 2.69 bits per heavy atom. The fourth-order valence-corrected chi connectivity index (χ4v) is 3.27. The summed E-state index contributed by atoms with van der Waals surface area (Å²) in [6, 6.07) is 13.0. The number of ether oxygens (including phenoxy) is 2. The van der Waals surface area contributed by atoms with E-state index in [4.69, 9.17) is 14.6 Å². The summed E-state index contributed by atoms with van der Waals surface area (Å²) in [6.45, 7) is 2.09. The summed E-state index contributed by atoms with van der Waals surface area (Å²) in [7, 11) is 1.60. The number of rotatable bonds is 7. The minimum atomic E-state index is -0.886. The highest BCUT2D eigenvalue weighted by Gasteiger charge is 2.11.